The van der Waals surface area contributed by atoms with Crippen LogP contribution in [0.2, 0.25) is 0 Å². The van der Waals surface area contributed by atoms with Crippen molar-refractivity contribution in [1.82, 2.24) is 0 Å². The van der Waals surface area contributed by atoms with Gasteiger partial charge in [-0.3, -0.25) is 19.2 Å². The molecule has 8 nitrogen and oxygen atoms in total. The van der Waals surface area contributed by atoms with Crippen LogP contribution >= 0.6 is 0 Å². The maximum atomic E-state index is 11.1. The molecule has 0 unspecified atom stereocenters. The van der Waals surface area contributed by atoms with E-state index >= 15 is 0 Å². The van der Waals surface area contributed by atoms with Crippen LogP contribution in [0, 0.1) is 45.3 Å². The molecule has 0 spiro atoms. The van der Waals surface area contributed by atoms with Crippen LogP contribution in [0.25, 0.3) is 0 Å². The molecule has 0 aliphatic heterocycles. The Kier molecular flexibility index (Phi) is 6.19. The highest BCUT2D eigenvalue weighted by Gasteiger charge is 2.59. The van der Waals surface area contributed by atoms with Crippen LogP contribution in [-0.2, 0) is 19.2 Å². The highest BCUT2D eigenvalue weighted by Crippen LogP contribution is 2.68. The van der Waals surface area contributed by atoms with Crippen LogP contribution < -0.4 is 0 Å². The van der Waals surface area contributed by atoms with Crippen molar-refractivity contribution in [2.45, 2.75) is 103 Å². The van der Waals surface area contributed by atoms with Gasteiger partial charge in [0.25, 0.3) is 0 Å². The van der Waals surface area contributed by atoms with Crippen molar-refractivity contribution in [1.29, 1.82) is 0 Å². The summed E-state index contributed by atoms with van der Waals surface area (Å²) in [5.41, 5.74) is -0.368. The molecule has 8 aliphatic rings. The molecule has 0 radical (unpaired) electrons. The van der Waals surface area contributed by atoms with Crippen molar-refractivity contribution in [2.24, 2.45) is 45.3 Å². The zero-order valence-electron chi connectivity index (χ0n) is 21.0. The maximum Gasteiger partial charge on any atom is 0.303 e. The summed E-state index contributed by atoms with van der Waals surface area (Å²) in [5.74, 6) is -0.584. The van der Waals surface area contributed by atoms with E-state index < -0.39 is 23.9 Å². The van der Waals surface area contributed by atoms with Crippen molar-refractivity contribution in [2.75, 3.05) is 0 Å². The molecule has 8 saturated carbocycles. The Morgan fingerprint density at radius 3 is 0.806 bits per heavy atom. The van der Waals surface area contributed by atoms with E-state index in [-0.39, 0.29) is 47.3 Å². The van der Waals surface area contributed by atoms with Crippen molar-refractivity contribution in [3.8, 4) is 0 Å². The predicted octanol–water partition coefficient (Wildman–Crippen LogP) is 5.04. The van der Waals surface area contributed by atoms with Crippen molar-refractivity contribution in [3.05, 3.63) is 0 Å². The van der Waals surface area contributed by atoms with Gasteiger partial charge in [-0.15, -0.1) is 0 Å². The molecule has 0 atom stereocenters. The lowest BCUT2D eigenvalue weighted by Gasteiger charge is -2.61. The Balaban J connectivity index is 0.000000148. The second-order valence-corrected chi connectivity index (χ2v) is 14.2. The fourth-order valence-corrected chi connectivity index (χ4v) is 11.4. The fraction of sp³-hybridized carbons (Fsp3) is 0.857. The minimum Gasteiger partial charge on any atom is -0.481 e. The van der Waals surface area contributed by atoms with Crippen LogP contribution in [0.1, 0.15) is 103 Å². The van der Waals surface area contributed by atoms with Gasteiger partial charge in [0.05, 0.1) is 25.7 Å². The standard InChI is InChI=1S/2C14H20O4/c2*15-11(16)6-13-2-9-1-10(4-13)5-14(3-9,8-13)7-12(17)18/h2*9-10H,1-8H2,(H,15,16)(H,17,18). The lowest BCUT2D eigenvalue weighted by molar-refractivity contribution is -0.162. The van der Waals surface area contributed by atoms with Crippen LogP contribution in [0.3, 0.4) is 0 Å². The first-order valence-electron chi connectivity index (χ1n) is 13.7. The molecule has 0 aromatic heterocycles. The highest BCUT2D eigenvalue weighted by atomic mass is 16.4. The minimum atomic E-state index is -0.720. The summed E-state index contributed by atoms with van der Waals surface area (Å²) in [5, 5.41) is 36.5. The van der Waals surface area contributed by atoms with Gasteiger partial charge >= 0.3 is 23.9 Å². The molecule has 8 rings (SSSR count). The zero-order chi connectivity index (χ0) is 25.9. The van der Waals surface area contributed by atoms with Crippen LogP contribution in [0.5, 0.6) is 0 Å². The molecule has 8 fully saturated rings. The Morgan fingerprint density at radius 1 is 0.444 bits per heavy atom. The molecule has 0 heterocycles. The molecular formula is C28H40O8. The number of carboxylic acids is 4. The zero-order valence-corrected chi connectivity index (χ0v) is 21.0. The molecule has 0 amide bonds. The lowest BCUT2D eigenvalue weighted by atomic mass is 9.43. The van der Waals surface area contributed by atoms with E-state index in [4.69, 9.17) is 20.4 Å². The molecule has 200 valence electrons. The largest absolute Gasteiger partial charge is 0.481 e. The van der Waals surface area contributed by atoms with E-state index in [1.54, 1.807) is 0 Å². The van der Waals surface area contributed by atoms with Crippen molar-refractivity contribution < 1.29 is 39.6 Å². The van der Waals surface area contributed by atoms with Crippen LogP contribution in [0.15, 0.2) is 0 Å². The first kappa shape index (κ1) is 25.5. The molecule has 8 heteroatoms. The summed E-state index contributed by atoms with van der Waals surface area (Å²) in [7, 11) is 0. The summed E-state index contributed by atoms with van der Waals surface area (Å²) in [6, 6.07) is 0. The predicted molar refractivity (Wildman–Crippen MR) is 128 cm³/mol. The molecule has 0 aromatic carbocycles. The fourth-order valence-electron chi connectivity index (χ4n) is 11.4. The van der Waals surface area contributed by atoms with Crippen molar-refractivity contribution in [3.63, 3.8) is 0 Å². The van der Waals surface area contributed by atoms with Gasteiger partial charge < -0.3 is 20.4 Å². The smallest absolute Gasteiger partial charge is 0.303 e. The molecule has 0 aromatic rings. The Bertz CT molecular complexity index is 781. The number of carboxylic acid groups (broad SMARTS) is 4. The molecule has 36 heavy (non-hydrogen) atoms. The molecular weight excluding hydrogens is 464 g/mol. The van der Waals surface area contributed by atoms with E-state index in [1.807, 2.05) is 0 Å². The molecule has 8 aliphatic carbocycles. The Labute approximate surface area is 211 Å². The lowest BCUT2D eigenvalue weighted by Crippen LogP contribution is -2.53. The van der Waals surface area contributed by atoms with Gasteiger partial charge in [0.15, 0.2) is 0 Å². The Hall–Kier alpha value is -2.12. The maximum absolute atomic E-state index is 11.1. The average Bonchev–Trinajstić information content (AvgIpc) is 2.61. The van der Waals surface area contributed by atoms with E-state index in [1.165, 1.54) is 12.8 Å². The number of aliphatic carboxylic acids is 4. The monoisotopic (exact) mass is 504 g/mol. The average molecular weight is 505 g/mol. The van der Waals surface area contributed by atoms with Crippen LogP contribution in [0.4, 0.5) is 0 Å². The summed E-state index contributed by atoms with van der Waals surface area (Å²) in [4.78, 5) is 44.4. The van der Waals surface area contributed by atoms with Gasteiger partial charge in [-0.05, 0) is 122 Å². The third-order valence-electron chi connectivity index (χ3n) is 10.7. The van der Waals surface area contributed by atoms with E-state index in [0.29, 0.717) is 23.7 Å². The topological polar surface area (TPSA) is 149 Å². The summed E-state index contributed by atoms with van der Waals surface area (Å²) in [6.07, 6.45) is 13.1. The Morgan fingerprint density at radius 2 is 0.639 bits per heavy atom. The van der Waals surface area contributed by atoms with E-state index in [0.717, 1.165) is 64.2 Å². The molecule has 0 saturated heterocycles. The van der Waals surface area contributed by atoms with Crippen LogP contribution in [-0.4, -0.2) is 44.3 Å². The van der Waals surface area contributed by atoms with Gasteiger partial charge in [-0.1, -0.05) is 0 Å². The SMILES string of the molecule is O=C(O)CC12CC3CC(C1)CC(CC(=O)O)(C3)C2.O=C(O)CC12CC3CC(C1)CC(CC(=O)O)(C3)C2. The number of hydrogen-bond donors (Lipinski definition) is 4. The van der Waals surface area contributed by atoms with Gasteiger partial charge in [0.2, 0.25) is 0 Å². The summed E-state index contributed by atoms with van der Waals surface area (Å²) < 4.78 is 0. The van der Waals surface area contributed by atoms with Crippen molar-refractivity contribution >= 4 is 23.9 Å². The number of carbonyl (C=O) groups is 4. The third-order valence-corrected chi connectivity index (χ3v) is 10.7. The normalized spacial score (nSPS) is 45.1. The summed E-state index contributed by atoms with van der Waals surface area (Å²) in [6.45, 7) is 0. The number of hydrogen-bond acceptors (Lipinski definition) is 4. The molecule has 8 bridgehead atoms. The molecule has 4 N–H and O–H groups in total. The minimum absolute atomic E-state index is 0.0919. The second kappa shape index (κ2) is 8.73. The van der Waals surface area contributed by atoms with E-state index in [9.17, 15) is 19.2 Å². The van der Waals surface area contributed by atoms with Gasteiger partial charge in [0, 0.05) is 0 Å². The highest BCUT2D eigenvalue weighted by molar-refractivity contribution is 5.70. The first-order valence-corrected chi connectivity index (χ1v) is 13.7. The second-order valence-electron chi connectivity index (χ2n) is 14.2. The summed E-state index contributed by atoms with van der Waals surface area (Å²) >= 11 is 0. The van der Waals surface area contributed by atoms with Gasteiger partial charge in [0.1, 0.15) is 0 Å². The quantitative estimate of drug-likeness (QED) is 0.359. The van der Waals surface area contributed by atoms with Gasteiger partial charge in [-0.25, -0.2) is 0 Å². The first-order chi connectivity index (χ1) is 16.8. The number of rotatable bonds is 8. The van der Waals surface area contributed by atoms with E-state index in [2.05, 4.69) is 0 Å². The third kappa shape index (κ3) is 5.01. The van der Waals surface area contributed by atoms with Gasteiger partial charge in [-0.2, -0.15) is 0 Å².